The third-order valence-corrected chi connectivity index (χ3v) is 5.25. The molecule has 0 aromatic heterocycles. The molecule has 0 saturated carbocycles. The monoisotopic (exact) mass is 346 g/mol. The summed E-state index contributed by atoms with van der Waals surface area (Å²) in [5.41, 5.74) is 0.692. The van der Waals surface area contributed by atoms with Gasteiger partial charge in [0.25, 0.3) is 0 Å². The lowest BCUT2D eigenvalue weighted by atomic mass is 9.97. The maximum Gasteiger partial charge on any atom is 0.127 e. The largest absolute Gasteiger partial charge is 0.316 e. The van der Waals surface area contributed by atoms with E-state index in [4.69, 9.17) is 11.6 Å². The summed E-state index contributed by atoms with van der Waals surface area (Å²) >= 11 is 6.18. The van der Waals surface area contributed by atoms with Crippen LogP contribution < -0.4 is 5.32 Å². The maximum absolute atomic E-state index is 14.0. The Bertz CT molecular complexity index is 457. The van der Waals surface area contributed by atoms with Crippen molar-refractivity contribution in [3.8, 4) is 0 Å². The zero-order valence-electron chi connectivity index (χ0n) is 12.9. The average molecular weight is 347 g/mol. The van der Waals surface area contributed by atoms with Crippen LogP contribution in [0.2, 0.25) is 5.02 Å². The zero-order chi connectivity index (χ0) is 14.7. The van der Waals surface area contributed by atoms with Crippen molar-refractivity contribution < 1.29 is 4.39 Å². The molecular formula is C17H25Cl2FN2. The molecule has 2 atom stereocenters. The van der Waals surface area contributed by atoms with Gasteiger partial charge in [0.1, 0.15) is 5.82 Å². The Morgan fingerprint density at radius 3 is 2.86 bits per heavy atom. The lowest BCUT2D eigenvalue weighted by molar-refractivity contribution is 0.193. The van der Waals surface area contributed by atoms with Crippen LogP contribution in [0.1, 0.15) is 31.2 Å². The SMILES string of the molecule is Cl.Fc1cccc(Cl)c1CC1CCCN1CC1CCCNC1. The molecule has 22 heavy (non-hydrogen) atoms. The second-order valence-corrected chi connectivity index (χ2v) is 6.81. The quantitative estimate of drug-likeness (QED) is 0.889. The van der Waals surface area contributed by atoms with Crippen molar-refractivity contribution in [2.24, 2.45) is 5.92 Å². The van der Waals surface area contributed by atoms with Gasteiger partial charge in [-0.1, -0.05) is 17.7 Å². The summed E-state index contributed by atoms with van der Waals surface area (Å²) in [6.45, 7) is 4.57. The van der Waals surface area contributed by atoms with Crippen molar-refractivity contribution in [2.75, 3.05) is 26.2 Å². The third kappa shape index (κ3) is 4.35. The predicted molar refractivity (Wildman–Crippen MR) is 92.6 cm³/mol. The van der Waals surface area contributed by atoms with Crippen molar-refractivity contribution in [1.82, 2.24) is 10.2 Å². The Kier molecular flexibility index (Phi) is 6.94. The third-order valence-electron chi connectivity index (χ3n) is 4.89. The molecule has 1 aromatic carbocycles. The summed E-state index contributed by atoms with van der Waals surface area (Å²) in [5.74, 6) is 0.587. The van der Waals surface area contributed by atoms with Crippen molar-refractivity contribution in [3.05, 3.63) is 34.6 Å². The van der Waals surface area contributed by atoms with E-state index in [9.17, 15) is 4.39 Å². The van der Waals surface area contributed by atoms with Crippen LogP contribution in [-0.2, 0) is 6.42 Å². The van der Waals surface area contributed by atoms with Crippen LogP contribution in [0.25, 0.3) is 0 Å². The van der Waals surface area contributed by atoms with E-state index in [2.05, 4.69) is 10.2 Å². The van der Waals surface area contributed by atoms with Crippen LogP contribution in [-0.4, -0.2) is 37.1 Å². The molecule has 2 saturated heterocycles. The Morgan fingerprint density at radius 1 is 1.27 bits per heavy atom. The molecule has 2 unspecified atom stereocenters. The average Bonchev–Trinajstić information content (AvgIpc) is 2.91. The number of piperidine rings is 1. The molecule has 1 aromatic rings. The minimum Gasteiger partial charge on any atom is -0.316 e. The Hall–Kier alpha value is -0.350. The van der Waals surface area contributed by atoms with E-state index in [-0.39, 0.29) is 18.2 Å². The number of rotatable bonds is 4. The molecule has 0 bridgehead atoms. The Morgan fingerprint density at radius 2 is 2.14 bits per heavy atom. The van der Waals surface area contributed by atoms with Crippen molar-refractivity contribution in [3.63, 3.8) is 0 Å². The number of hydrogen-bond acceptors (Lipinski definition) is 2. The van der Waals surface area contributed by atoms with Crippen molar-refractivity contribution in [1.29, 1.82) is 0 Å². The standard InChI is InChI=1S/C17H24ClFN2.ClH/c18-16-6-1-7-17(19)15(16)10-14-5-3-9-21(14)12-13-4-2-8-20-11-13;/h1,6-7,13-14,20H,2-5,8-12H2;1H. The summed E-state index contributed by atoms with van der Waals surface area (Å²) in [5, 5.41) is 4.05. The number of likely N-dealkylation sites (tertiary alicyclic amines) is 1. The van der Waals surface area contributed by atoms with Crippen LogP contribution in [0, 0.1) is 11.7 Å². The van der Waals surface area contributed by atoms with Crippen molar-refractivity contribution >= 4 is 24.0 Å². The highest BCUT2D eigenvalue weighted by molar-refractivity contribution is 6.31. The molecule has 124 valence electrons. The van der Waals surface area contributed by atoms with Gasteiger partial charge in [-0.05, 0) is 69.8 Å². The molecule has 2 heterocycles. The lowest BCUT2D eigenvalue weighted by Gasteiger charge is -2.31. The van der Waals surface area contributed by atoms with Crippen LogP contribution in [0.5, 0.6) is 0 Å². The van der Waals surface area contributed by atoms with Gasteiger partial charge in [-0.3, -0.25) is 4.90 Å². The number of nitrogens with zero attached hydrogens (tertiary/aromatic N) is 1. The maximum atomic E-state index is 14.0. The van der Waals surface area contributed by atoms with E-state index >= 15 is 0 Å². The fourth-order valence-corrected chi connectivity index (χ4v) is 3.98. The Labute approximate surface area is 143 Å². The second-order valence-electron chi connectivity index (χ2n) is 6.41. The van der Waals surface area contributed by atoms with Gasteiger partial charge in [-0.25, -0.2) is 4.39 Å². The van der Waals surface area contributed by atoms with Gasteiger partial charge in [0.2, 0.25) is 0 Å². The lowest BCUT2D eigenvalue weighted by Crippen LogP contribution is -2.41. The van der Waals surface area contributed by atoms with Crippen LogP contribution in [0.4, 0.5) is 4.39 Å². The molecule has 0 aliphatic carbocycles. The van der Waals surface area contributed by atoms with Crippen LogP contribution in [0.3, 0.4) is 0 Å². The normalized spacial score (nSPS) is 25.9. The number of hydrogen-bond donors (Lipinski definition) is 1. The molecule has 2 aliphatic heterocycles. The first kappa shape index (κ1) is 18.0. The van der Waals surface area contributed by atoms with Gasteiger partial charge in [0.15, 0.2) is 0 Å². The van der Waals surface area contributed by atoms with Gasteiger partial charge in [-0.2, -0.15) is 0 Å². The van der Waals surface area contributed by atoms with E-state index < -0.39 is 0 Å². The van der Waals surface area contributed by atoms with E-state index in [1.807, 2.05) is 0 Å². The number of halogens is 3. The molecule has 0 radical (unpaired) electrons. The number of benzene rings is 1. The number of nitrogens with one attached hydrogen (secondary N) is 1. The molecule has 2 fully saturated rings. The highest BCUT2D eigenvalue weighted by Crippen LogP contribution is 2.28. The molecule has 1 N–H and O–H groups in total. The predicted octanol–water partition coefficient (Wildman–Crippen LogP) is 3.91. The Balaban J connectivity index is 0.00000176. The highest BCUT2D eigenvalue weighted by Gasteiger charge is 2.28. The zero-order valence-corrected chi connectivity index (χ0v) is 14.4. The van der Waals surface area contributed by atoms with E-state index in [1.165, 1.54) is 25.3 Å². The van der Waals surface area contributed by atoms with E-state index in [0.29, 0.717) is 16.6 Å². The van der Waals surface area contributed by atoms with Gasteiger partial charge in [0, 0.05) is 23.2 Å². The van der Waals surface area contributed by atoms with Crippen molar-refractivity contribution in [2.45, 2.75) is 38.1 Å². The first-order valence-electron chi connectivity index (χ1n) is 8.11. The van der Waals surface area contributed by atoms with E-state index in [0.717, 1.165) is 44.9 Å². The summed E-state index contributed by atoms with van der Waals surface area (Å²) in [6, 6.07) is 5.44. The minimum atomic E-state index is -0.159. The first-order valence-corrected chi connectivity index (χ1v) is 8.49. The molecule has 0 spiro atoms. The molecular weight excluding hydrogens is 322 g/mol. The minimum absolute atomic E-state index is 0. The topological polar surface area (TPSA) is 15.3 Å². The van der Waals surface area contributed by atoms with Gasteiger partial charge in [-0.15, -0.1) is 12.4 Å². The smallest absolute Gasteiger partial charge is 0.127 e. The highest BCUT2D eigenvalue weighted by atomic mass is 35.5. The molecule has 0 amide bonds. The summed E-state index contributed by atoms with van der Waals surface area (Å²) in [6.07, 6.45) is 5.71. The molecule has 2 aliphatic rings. The van der Waals surface area contributed by atoms with Crippen LogP contribution >= 0.6 is 24.0 Å². The summed E-state index contributed by atoms with van der Waals surface area (Å²) < 4.78 is 14.0. The first-order chi connectivity index (χ1) is 10.2. The van der Waals surface area contributed by atoms with Gasteiger partial charge in [0.05, 0.1) is 0 Å². The summed E-state index contributed by atoms with van der Waals surface area (Å²) in [4.78, 5) is 2.56. The van der Waals surface area contributed by atoms with Gasteiger partial charge < -0.3 is 5.32 Å². The fourth-order valence-electron chi connectivity index (χ4n) is 3.74. The van der Waals surface area contributed by atoms with Gasteiger partial charge >= 0.3 is 0 Å². The summed E-state index contributed by atoms with van der Waals surface area (Å²) in [7, 11) is 0. The van der Waals surface area contributed by atoms with E-state index in [1.54, 1.807) is 12.1 Å². The van der Waals surface area contributed by atoms with Crippen LogP contribution in [0.15, 0.2) is 18.2 Å². The molecule has 2 nitrogen and oxygen atoms in total. The molecule has 5 heteroatoms. The fraction of sp³-hybridized carbons (Fsp3) is 0.647. The molecule has 3 rings (SSSR count). The second kappa shape index (κ2) is 8.49.